The molecule has 0 spiro atoms. The Kier molecular flexibility index (Phi) is 6.11. The van der Waals surface area contributed by atoms with Crippen LogP contribution in [0.4, 0.5) is 4.39 Å². The van der Waals surface area contributed by atoms with Crippen molar-refractivity contribution in [1.29, 1.82) is 0 Å². The van der Waals surface area contributed by atoms with Gasteiger partial charge >= 0.3 is 0 Å². The first-order chi connectivity index (χ1) is 13.0. The number of nitrogens with one attached hydrogen (secondary N) is 1. The minimum Gasteiger partial charge on any atom is -0.484 e. The van der Waals surface area contributed by atoms with Crippen molar-refractivity contribution in [2.75, 3.05) is 19.6 Å². The average molecular weight is 374 g/mol. The summed E-state index contributed by atoms with van der Waals surface area (Å²) in [6.45, 7) is 8.94. The van der Waals surface area contributed by atoms with Crippen LogP contribution < -0.4 is 4.74 Å². The van der Waals surface area contributed by atoms with Gasteiger partial charge in [-0.25, -0.2) is 4.39 Å². The summed E-state index contributed by atoms with van der Waals surface area (Å²) in [7, 11) is 0. The molecule has 0 radical (unpaired) electrons. The molecule has 2 aromatic rings. The lowest BCUT2D eigenvalue weighted by Gasteiger charge is -2.43. The highest BCUT2D eigenvalue weighted by atomic mass is 19.1. The number of para-hydroxylation sites is 1. The monoisotopic (exact) mass is 374 g/mol. The minimum absolute atomic E-state index is 0.0785. The van der Waals surface area contributed by atoms with E-state index >= 15 is 0 Å². The summed E-state index contributed by atoms with van der Waals surface area (Å²) in [5, 5.41) is 6.94. The number of halogens is 1. The first-order valence-electron chi connectivity index (χ1n) is 9.46. The fourth-order valence-corrected chi connectivity index (χ4v) is 3.52. The highest BCUT2D eigenvalue weighted by molar-refractivity contribution is 5.92. The van der Waals surface area contributed by atoms with E-state index < -0.39 is 5.82 Å². The van der Waals surface area contributed by atoms with Gasteiger partial charge in [0.05, 0.1) is 5.69 Å². The zero-order chi connectivity index (χ0) is 19.4. The third-order valence-electron chi connectivity index (χ3n) is 5.02. The molecular formula is C20H27FN4O2. The summed E-state index contributed by atoms with van der Waals surface area (Å²) in [6, 6.07) is 8.75. The van der Waals surface area contributed by atoms with E-state index in [9.17, 15) is 9.18 Å². The van der Waals surface area contributed by atoms with Crippen LogP contribution in [-0.2, 0) is 6.61 Å². The van der Waals surface area contributed by atoms with Crippen molar-refractivity contribution in [2.45, 2.75) is 45.9 Å². The van der Waals surface area contributed by atoms with Crippen LogP contribution in [0.3, 0.4) is 0 Å². The maximum Gasteiger partial charge on any atom is 0.274 e. The lowest BCUT2D eigenvalue weighted by atomic mass is 10.1. The maximum atomic E-state index is 13.6. The van der Waals surface area contributed by atoms with Gasteiger partial charge < -0.3 is 9.64 Å². The number of rotatable bonds is 6. The molecule has 2 heterocycles. The fraction of sp³-hybridized carbons (Fsp3) is 0.500. The lowest BCUT2D eigenvalue weighted by Crippen LogP contribution is -2.56. The molecule has 0 bridgehead atoms. The van der Waals surface area contributed by atoms with Crippen molar-refractivity contribution >= 4 is 5.91 Å². The van der Waals surface area contributed by atoms with Gasteiger partial charge in [-0.15, -0.1) is 0 Å². The van der Waals surface area contributed by atoms with E-state index in [0.717, 1.165) is 13.0 Å². The SMILES string of the molecule is CC[C@H]1CN(C(=O)c2cc(COc3ccccc3F)[nH]n2)CCN1C(C)C. The Bertz CT molecular complexity index is 777. The predicted octanol–water partition coefficient (Wildman–Crippen LogP) is 3.07. The average Bonchev–Trinajstić information content (AvgIpc) is 3.15. The summed E-state index contributed by atoms with van der Waals surface area (Å²) < 4.78 is 19.1. The van der Waals surface area contributed by atoms with Crippen LogP contribution in [0.5, 0.6) is 5.75 Å². The third-order valence-corrected chi connectivity index (χ3v) is 5.02. The molecule has 0 aliphatic carbocycles. The molecule has 1 saturated heterocycles. The van der Waals surface area contributed by atoms with Crippen LogP contribution in [0.15, 0.2) is 30.3 Å². The Labute approximate surface area is 159 Å². The maximum absolute atomic E-state index is 13.6. The standard InChI is InChI=1S/C20H27FN4O2/c1-4-16-12-24(9-10-25(16)14(2)3)20(26)18-11-15(22-23-18)13-27-19-8-6-5-7-17(19)21/h5-8,11,14,16H,4,9-10,12-13H2,1-3H3,(H,22,23)/t16-/m0/s1. The van der Waals surface area contributed by atoms with Crippen molar-refractivity contribution in [2.24, 2.45) is 0 Å². The van der Waals surface area contributed by atoms with Gasteiger partial charge in [0.1, 0.15) is 6.61 Å². The molecule has 1 atom stereocenters. The number of hydrogen-bond acceptors (Lipinski definition) is 4. The Hall–Kier alpha value is -2.41. The molecule has 3 rings (SSSR count). The highest BCUT2D eigenvalue weighted by Crippen LogP contribution is 2.19. The summed E-state index contributed by atoms with van der Waals surface area (Å²) in [6.07, 6.45) is 1.00. The Balaban J connectivity index is 1.61. The largest absolute Gasteiger partial charge is 0.484 e. The molecule has 1 aromatic carbocycles. The van der Waals surface area contributed by atoms with E-state index in [1.165, 1.54) is 6.07 Å². The normalized spacial score (nSPS) is 18.1. The minimum atomic E-state index is -0.415. The summed E-state index contributed by atoms with van der Waals surface area (Å²) >= 11 is 0. The van der Waals surface area contributed by atoms with Gasteiger partial charge in [0, 0.05) is 31.7 Å². The molecular weight excluding hydrogens is 347 g/mol. The quantitative estimate of drug-likeness (QED) is 0.844. The second-order valence-corrected chi connectivity index (χ2v) is 7.14. The predicted molar refractivity (Wildman–Crippen MR) is 101 cm³/mol. The molecule has 0 saturated carbocycles. The van der Waals surface area contributed by atoms with Gasteiger partial charge in [-0.1, -0.05) is 19.1 Å². The summed E-state index contributed by atoms with van der Waals surface area (Å²) in [4.78, 5) is 17.1. The van der Waals surface area contributed by atoms with Crippen LogP contribution in [0.1, 0.15) is 43.4 Å². The zero-order valence-corrected chi connectivity index (χ0v) is 16.1. The second-order valence-electron chi connectivity index (χ2n) is 7.14. The first-order valence-corrected chi connectivity index (χ1v) is 9.46. The van der Waals surface area contributed by atoms with Crippen LogP contribution in [0.2, 0.25) is 0 Å². The Morgan fingerprint density at radius 2 is 2.15 bits per heavy atom. The molecule has 1 amide bonds. The number of benzene rings is 1. The molecule has 27 heavy (non-hydrogen) atoms. The van der Waals surface area contributed by atoms with E-state index in [1.807, 2.05) is 4.90 Å². The lowest BCUT2D eigenvalue weighted by molar-refractivity contribution is 0.0367. The van der Waals surface area contributed by atoms with E-state index in [2.05, 4.69) is 35.9 Å². The number of aromatic nitrogens is 2. The van der Waals surface area contributed by atoms with Crippen LogP contribution in [-0.4, -0.2) is 57.6 Å². The highest BCUT2D eigenvalue weighted by Gasteiger charge is 2.31. The number of hydrogen-bond donors (Lipinski definition) is 1. The summed E-state index contributed by atoms with van der Waals surface area (Å²) in [5.74, 6) is -0.317. The molecule has 7 heteroatoms. The molecule has 1 aromatic heterocycles. The number of amides is 1. The van der Waals surface area contributed by atoms with E-state index in [-0.39, 0.29) is 18.3 Å². The second kappa shape index (κ2) is 8.52. The van der Waals surface area contributed by atoms with Gasteiger partial charge in [0.15, 0.2) is 17.3 Å². The van der Waals surface area contributed by atoms with Crippen molar-refractivity contribution in [3.8, 4) is 5.75 Å². The Morgan fingerprint density at radius 1 is 1.37 bits per heavy atom. The van der Waals surface area contributed by atoms with Gasteiger partial charge in [-0.3, -0.25) is 14.8 Å². The molecule has 1 N–H and O–H groups in total. The fourth-order valence-electron chi connectivity index (χ4n) is 3.52. The number of piperazine rings is 1. The van der Waals surface area contributed by atoms with Gasteiger partial charge in [0.25, 0.3) is 5.91 Å². The number of H-pyrrole nitrogens is 1. The van der Waals surface area contributed by atoms with Crippen LogP contribution >= 0.6 is 0 Å². The Morgan fingerprint density at radius 3 is 2.85 bits per heavy atom. The molecule has 1 aliphatic heterocycles. The first kappa shape index (κ1) is 19.4. The van der Waals surface area contributed by atoms with E-state index in [1.54, 1.807) is 24.3 Å². The number of ether oxygens (including phenoxy) is 1. The van der Waals surface area contributed by atoms with E-state index in [4.69, 9.17) is 4.74 Å². The van der Waals surface area contributed by atoms with Gasteiger partial charge in [-0.05, 0) is 38.5 Å². The molecule has 1 aliphatic rings. The summed E-state index contributed by atoms with van der Waals surface area (Å²) in [5.41, 5.74) is 1.00. The smallest absolute Gasteiger partial charge is 0.274 e. The number of carbonyl (C=O) groups excluding carboxylic acids is 1. The number of carbonyl (C=O) groups is 1. The van der Waals surface area contributed by atoms with Crippen molar-refractivity contribution in [3.05, 3.63) is 47.5 Å². The van der Waals surface area contributed by atoms with E-state index in [0.29, 0.717) is 36.6 Å². The van der Waals surface area contributed by atoms with Gasteiger partial charge in [-0.2, -0.15) is 5.10 Å². The van der Waals surface area contributed by atoms with Gasteiger partial charge in [0.2, 0.25) is 0 Å². The topological polar surface area (TPSA) is 61.5 Å². The van der Waals surface area contributed by atoms with Crippen LogP contribution in [0.25, 0.3) is 0 Å². The van der Waals surface area contributed by atoms with Crippen molar-refractivity contribution in [1.82, 2.24) is 20.0 Å². The molecule has 1 fully saturated rings. The van der Waals surface area contributed by atoms with Crippen LogP contribution in [0, 0.1) is 5.82 Å². The number of nitrogens with zero attached hydrogens (tertiary/aromatic N) is 3. The molecule has 146 valence electrons. The zero-order valence-electron chi connectivity index (χ0n) is 16.1. The molecule has 6 nitrogen and oxygen atoms in total. The van der Waals surface area contributed by atoms with Crippen molar-refractivity contribution < 1.29 is 13.9 Å². The third kappa shape index (κ3) is 4.47. The number of aromatic amines is 1. The molecule has 0 unspecified atom stereocenters. The van der Waals surface area contributed by atoms with Crippen molar-refractivity contribution in [3.63, 3.8) is 0 Å².